The molecule has 0 aromatic heterocycles. The summed E-state index contributed by atoms with van der Waals surface area (Å²) in [6.07, 6.45) is 4.63. The molecule has 0 radical (unpaired) electrons. The largest absolute Gasteiger partial charge is 0.289 e. The minimum absolute atomic E-state index is 0.987. The molecule has 0 N–H and O–H groups in total. The Morgan fingerprint density at radius 3 is 1.48 bits per heavy atom. The summed E-state index contributed by atoms with van der Waals surface area (Å²) in [4.78, 5) is 11.9. The van der Waals surface area contributed by atoms with E-state index in [1.165, 1.54) is 61.9 Å². The van der Waals surface area contributed by atoms with E-state index in [-0.39, 0.29) is 0 Å². The average molecular weight is 471 g/mol. The standard InChI is InChI=1S/C29H30N2S2/c1-21-16-22(19-32-26-10-6-24(7-11-26)28-4-2-14-30-28)18-23(17-21)20-33-27-12-8-25(9-13-27)29-5-3-15-31-29/h6-13,16-18H,2-5,14-15,19-20H2,1H3. The second-order valence-corrected chi connectivity index (χ2v) is 10.9. The minimum atomic E-state index is 0.987. The van der Waals surface area contributed by atoms with Gasteiger partial charge in [0.25, 0.3) is 0 Å². The van der Waals surface area contributed by atoms with E-state index in [1.807, 2.05) is 23.5 Å². The highest BCUT2D eigenvalue weighted by molar-refractivity contribution is 7.98. The highest BCUT2D eigenvalue weighted by atomic mass is 32.2. The monoisotopic (exact) mass is 470 g/mol. The fourth-order valence-corrected chi connectivity index (χ4v) is 6.14. The van der Waals surface area contributed by atoms with Gasteiger partial charge in [-0.25, -0.2) is 0 Å². The van der Waals surface area contributed by atoms with Gasteiger partial charge >= 0.3 is 0 Å². The Morgan fingerprint density at radius 2 is 1.09 bits per heavy atom. The molecule has 33 heavy (non-hydrogen) atoms. The third-order valence-electron chi connectivity index (χ3n) is 6.13. The van der Waals surface area contributed by atoms with Crippen molar-refractivity contribution >= 4 is 34.9 Å². The second-order valence-electron chi connectivity index (χ2n) is 8.82. The summed E-state index contributed by atoms with van der Waals surface area (Å²) < 4.78 is 0. The molecular weight excluding hydrogens is 440 g/mol. The van der Waals surface area contributed by atoms with Gasteiger partial charge in [0.15, 0.2) is 0 Å². The highest BCUT2D eigenvalue weighted by Gasteiger charge is 2.10. The lowest BCUT2D eigenvalue weighted by Gasteiger charge is -2.09. The van der Waals surface area contributed by atoms with E-state index in [0.29, 0.717) is 0 Å². The lowest BCUT2D eigenvalue weighted by atomic mass is 10.1. The van der Waals surface area contributed by atoms with E-state index < -0.39 is 0 Å². The number of hydrogen-bond acceptors (Lipinski definition) is 4. The van der Waals surface area contributed by atoms with Crippen LogP contribution in [0.3, 0.4) is 0 Å². The molecule has 4 heteroatoms. The van der Waals surface area contributed by atoms with Gasteiger partial charge in [-0.05, 0) is 79.1 Å². The summed E-state index contributed by atoms with van der Waals surface area (Å²) in [5.41, 5.74) is 9.26. The quantitative estimate of drug-likeness (QED) is 0.314. The number of hydrogen-bond donors (Lipinski definition) is 0. The van der Waals surface area contributed by atoms with Crippen LogP contribution in [0.5, 0.6) is 0 Å². The number of nitrogens with zero attached hydrogens (tertiary/aromatic N) is 2. The Hall–Kier alpha value is -2.30. The van der Waals surface area contributed by atoms with E-state index >= 15 is 0 Å². The first-order valence-corrected chi connectivity index (χ1v) is 13.8. The molecule has 0 saturated carbocycles. The predicted molar refractivity (Wildman–Crippen MR) is 144 cm³/mol. The van der Waals surface area contributed by atoms with Crippen LogP contribution in [0, 0.1) is 6.92 Å². The van der Waals surface area contributed by atoms with Gasteiger partial charge in [0.2, 0.25) is 0 Å². The number of aliphatic imine (C=N–C) groups is 2. The van der Waals surface area contributed by atoms with Crippen molar-refractivity contribution in [3.63, 3.8) is 0 Å². The maximum absolute atomic E-state index is 4.61. The van der Waals surface area contributed by atoms with Crippen molar-refractivity contribution in [3.05, 3.63) is 94.5 Å². The Bertz CT molecular complexity index is 1070. The van der Waals surface area contributed by atoms with E-state index in [0.717, 1.165) is 37.4 Å². The van der Waals surface area contributed by atoms with Gasteiger partial charge < -0.3 is 0 Å². The Labute approximate surface area is 206 Å². The van der Waals surface area contributed by atoms with Gasteiger partial charge in [0, 0.05) is 45.8 Å². The van der Waals surface area contributed by atoms with E-state index in [9.17, 15) is 0 Å². The summed E-state index contributed by atoms with van der Waals surface area (Å²) in [7, 11) is 0. The van der Waals surface area contributed by atoms with Crippen LogP contribution in [0.1, 0.15) is 53.5 Å². The molecule has 2 nitrogen and oxygen atoms in total. The molecule has 0 atom stereocenters. The van der Waals surface area contributed by atoms with Gasteiger partial charge in [0.1, 0.15) is 0 Å². The molecule has 2 aliphatic heterocycles. The van der Waals surface area contributed by atoms with Crippen molar-refractivity contribution in [3.8, 4) is 0 Å². The molecule has 0 fully saturated rings. The molecule has 0 amide bonds. The average Bonchev–Trinajstić information content (AvgIpc) is 3.57. The third-order valence-corrected chi connectivity index (χ3v) is 8.30. The van der Waals surface area contributed by atoms with Crippen LogP contribution in [0.4, 0.5) is 0 Å². The van der Waals surface area contributed by atoms with Gasteiger partial charge in [-0.3, -0.25) is 9.98 Å². The topological polar surface area (TPSA) is 24.7 Å². The fraction of sp³-hybridized carbons (Fsp3) is 0.310. The first kappa shape index (κ1) is 22.5. The van der Waals surface area contributed by atoms with Crippen molar-refractivity contribution in [2.24, 2.45) is 9.98 Å². The summed E-state index contributed by atoms with van der Waals surface area (Å²) >= 11 is 3.82. The molecular formula is C29H30N2S2. The zero-order chi connectivity index (χ0) is 22.5. The molecule has 5 rings (SSSR count). The number of thioether (sulfide) groups is 2. The molecule has 0 aliphatic carbocycles. The van der Waals surface area contributed by atoms with Crippen LogP contribution < -0.4 is 0 Å². The van der Waals surface area contributed by atoms with Crippen molar-refractivity contribution in [2.45, 2.75) is 53.9 Å². The van der Waals surface area contributed by atoms with E-state index in [2.05, 4.69) is 83.6 Å². The zero-order valence-corrected chi connectivity index (χ0v) is 20.9. The number of benzene rings is 3. The van der Waals surface area contributed by atoms with Crippen LogP contribution in [-0.2, 0) is 11.5 Å². The van der Waals surface area contributed by atoms with E-state index in [4.69, 9.17) is 0 Å². The van der Waals surface area contributed by atoms with Crippen LogP contribution in [0.15, 0.2) is 86.5 Å². The molecule has 0 unspecified atom stereocenters. The van der Waals surface area contributed by atoms with Gasteiger partial charge in [-0.15, -0.1) is 23.5 Å². The first-order valence-electron chi connectivity index (χ1n) is 11.9. The Balaban J connectivity index is 1.17. The fourth-order valence-electron chi connectivity index (χ4n) is 4.49. The molecule has 2 aliphatic rings. The van der Waals surface area contributed by atoms with Gasteiger partial charge in [-0.1, -0.05) is 48.0 Å². The van der Waals surface area contributed by atoms with Crippen LogP contribution in [-0.4, -0.2) is 24.5 Å². The van der Waals surface area contributed by atoms with Crippen molar-refractivity contribution < 1.29 is 0 Å². The van der Waals surface area contributed by atoms with Crippen molar-refractivity contribution in [1.29, 1.82) is 0 Å². The highest BCUT2D eigenvalue weighted by Crippen LogP contribution is 2.28. The second kappa shape index (κ2) is 10.8. The van der Waals surface area contributed by atoms with Gasteiger partial charge in [-0.2, -0.15) is 0 Å². The maximum atomic E-state index is 4.61. The summed E-state index contributed by atoms with van der Waals surface area (Å²) in [5.74, 6) is 1.99. The number of rotatable bonds is 8. The smallest absolute Gasteiger partial charge is 0.0421 e. The molecule has 0 spiro atoms. The Kier molecular flexibility index (Phi) is 7.33. The SMILES string of the molecule is Cc1cc(CSc2ccc(C3=NCCC3)cc2)cc(CSc2ccc(C3=NCCC3)cc2)c1. The Morgan fingerprint density at radius 1 is 0.636 bits per heavy atom. The molecule has 0 saturated heterocycles. The molecule has 3 aromatic rings. The van der Waals surface area contributed by atoms with Crippen molar-refractivity contribution in [2.75, 3.05) is 13.1 Å². The predicted octanol–water partition coefficient (Wildman–Crippen LogP) is 7.75. The molecule has 2 heterocycles. The molecule has 3 aromatic carbocycles. The van der Waals surface area contributed by atoms with Crippen LogP contribution in [0.2, 0.25) is 0 Å². The minimum Gasteiger partial charge on any atom is -0.289 e. The first-order chi connectivity index (χ1) is 16.2. The molecule has 0 bridgehead atoms. The lowest BCUT2D eigenvalue weighted by Crippen LogP contribution is -1.95. The van der Waals surface area contributed by atoms with Gasteiger partial charge in [0.05, 0.1) is 0 Å². The summed E-state index contributed by atoms with van der Waals surface area (Å²) in [6, 6.07) is 24.9. The molecule has 168 valence electrons. The maximum Gasteiger partial charge on any atom is 0.0421 e. The zero-order valence-electron chi connectivity index (χ0n) is 19.2. The van der Waals surface area contributed by atoms with Crippen LogP contribution >= 0.6 is 23.5 Å². The van der Waals surface area contributed by atoms with Crippen molar-refractivity contribution in [1.82, 2.24) is 0 Å². The summed E-state index contributed by atoms with van der Waals surface area (Å²) in [5, 5.41) is 0. The normalized spacial score (nSPS) is 15.5. The van der Waals surface area contributed by atoms with Crippen LogP contribution in [0.25, 0.3) is 0 Å². The van der Waals surface area contributed by atoms with E-state index in [1.54, 1.807) is 0 Å². The summed E-state index contributed by atoms with van der Waals surface area (Å²) in [6.45, 7) is 4.18. The number of aryl methyl sites for hydroxylation is 1. The lowest BCUT2D eigenvalue weighted by molar-refractivity contribution is 0.951. The third kappa shape index (κ3) is 5.99.